The fourth-order valence-electron chi connectivity index (χ4n) is 2.17. The lowest BCUT2D eigenvalue weighted by molar-refractivity contribution is -0.161. The third-order valence-corrected chi connectivity index (χ3v) is 3.57. The van der Waals surface area contributed by atoms with Gasteiger partial charge in [-0.05, 0) is 24.3 Å². The van der Waals surface area contributed by atoms with Gasteiger partial charge in [-0.1, -0.05) is 36.4 Å². The topological polar surface area (TPSA) is 127 Å². The molecule has 0 amide bonds. The van der Waals surface area contributed by atoms with E-state index in [1.54, 1.807) is 36.4 Å². The molecule has 8 nitrogen and oxygen atoms in total. The van der Waals surface area contributed by atoms with Gasteiger partial charge in [0.2, 0.25) is 6.10 Å². The number of hydrogen-bond acceptors (Lipinski definition) is 6. The van der Waals surface area contributed by atoms with Crippen molar-refractivity contribution in [1.82, 2.24) is 0 Å². The van der Waals surface area contributed by atoms with Crippen molar-refractivity contribution in [2.24, 2.45) is 5.92 Å². The Bertz CT molecular complexity index is 816. The van der Waals surface area contributed by atoms with Gasteiger partial charge in [-0.3, -0.25) is 4.79 Å². The molecule has 2 atom stereocenters. The summed E-state index contributed by atoms with van der Waals surface area (Å²) in [6.45, 7) is -0.776. The molecule has 27 heavy (non-hydrogen) atoms. The van der Waals surface area contributed by atoms with Crippen LogP contribution in [0.5, 0.6) is 0 Å². The van der Waals surface area contributed by atoms with Crippen molar-refractivity contribution in [2.75, 3.05) is 6.61 Å². The molecule has 0 aliphatic heterocycles. The Morgan fingerprint density at radius 2 is 1.22 bits per heavy atom. The Balaban J connectivity index is 2.11. The molecule has 2 aromatic carbocycles. The van der Waals surface area contributed by atoms with E-state index < -0.39 is 42.5 Å². The SMILES string of the molecule is O=C(OCC(C(=O)O)C(OC(=O)c1ccccc1)C(=O)O)c1ccccc1. The molecule has 0 saturated carbocycles. The van der Waals surface area contributed by atoms with Gasteiger partial charge in [0, 0.05) is 0 Å². The van der Waals surface area contributed by atoms with Gasteiger partial charge < -0.3 is 19.7 Å². The van der Waals surface area contributed by atoms with Crippen LogP contribution in [0.1, 0.15) is 20.7 Å². The fraction of sp³-hybridized carbons (Fsp3) is 0.158. The van der Waals surface area contributed by atoms with Crippen LogP contribution in [0.15, 0.2) is 60.7 Å². The summed E-state index contributed by atoms with van der Waals surface area (Å²) in [6.07, 6.45) is -2.03. The number of aliphatic carboxylic acids is 2. The van der Waals surface area contributed by atoms with Crippen LogP contribution < -0.4 is 0 Å². The highest BCUT2D eigenvalue weighted by atomic mass is 16.6. The van der Waals surface area contributed by atoms with Crippen LogP contribution in [0, 0.1) is 5.92 Å². The number of rotatable bonds is 8. The highest BCUT2D eigenvalue weighted by Crippen LogP contribution is 2.15. The van der Waals surface area contributed by atoms with E-state index in [-0.39, 0.29) is 11.1 Å². The molecule has 0 spiro atoms. The maximum atomic E-state index is 12.1. The highest BCUT2D eigenvalue weighted by Gasteiger charge is 2.38. The monoisotopic (exact) mass is 372 g/mol. The summed E-state index contributed by atoms with van der Waals surface area (Å²) in [4.78, 5) is 46.9. The van der Waals surface area contributed by atoms with E-state index in [0.29, 0.717) is 0 Å². The summed E-state index contributed by atoms with van der Waals surface area (Å²) in [5, 5.41) is 18.6. The molecule has 2 aromatic rings. The lowest BCUT2D eigenvalue weighted by Crippen LogP contribution is -2.41. The van der Waals surface area contributed by atoms with Crippen molar-refractivity contribution in [3.05, 3.63) is 71.8 Å². The first-order valence-corrected chi connectivity index (χ1v) is 7.84. The minimum absolute atomic E-state index is 0.0640. The Labute approximate surface area is 154 Å². The molecular formula is C19H16O8. The average molecular weight is 372 g/mol. The molecule has 0 aliphatic carbocycles. The second kappa shape index (κ2) is 9.14. The van der Waals surface area contributed by atoms with Gasteiger partial charge in [-0.25, -0.2) is 14.4 Å². The molecule has 0 radical (unpaired) electrons. The van der Waals surface area contributed by atoms with E-state index in [1.807, 2.05) is 0 Å². The van der Waals surface area contributed by atoms with E-state index in [1.165, 1.54) is 24.3 Å². The van der Waals surface area contributed by atoms with Crippen LogP contribution in [-0.4, -0.2) is 46.8 Å². The molecule has 0 saturated heterocycles. The van der Waals surface area contributed by atoms with Crippen LogP contribution in [0.25, 0.3) is 0 Å². The van der Waals surface area contributed by atoms with Gasteiger partial charge in [0.1, 0.15) is 12.5 Å². The van der Waals surface area contributed by atoms with Crippen LogP contribution >= 0.6 is 0 Å². The van der Waals surface area contributed by atoms with E-state index in [0.717, 1.165) is 0 Å². The van der Waals surface area contributed by atoms with E-state index in [9.17, 15) is 29.4 Å². The number of esters is 2. The largest absolute Gasteiger partial charge is 0.481 e. The summed E-state index contributed by atoms with van der Waals surface area (Å²) in [6, 6.07) is 15.3. The lowest BCUT2D eigenvalue weighted by Gasteiger charge is -2.20. The minimum Gasteiger partial charge on any atom is -0.481 e. The molecule has 2 unspecified atom stereocenters. The number of carbonyl (C=O) groups is 4. The standard InChI is InChI=1S/C19H16O8/c20-16(21)14(11-26-18(24)12-7-3-1-4-8-12)15(17(22)23)27-19(25)13-9-5-2-6-10-13/h1-10,14-15H,11H2,(H,20,21)(H,22,23). The van der Waals surface area contributed by atoms with Crippen molar-refractivity contribution in [2.45, 2.75) is 6.10 Å². The van der Waals surface area contributed by atoms with E-state index >= 15 is 0 Å². The third-order valence-electron chi connectivity index (χ3n) is 3.57. The lowest BCUT2D eigenvalue weighted by atomic mass is 10.0. The van der Waals surface area contributed by atoms with Crippen molar-refractivity contribution in [3.8, 4) is 0 Å². The predicted molar refractivity (Wildman–Crippen MR) is 91.1 cm³/mol. The zero-order chi connectivity index (χ0) is 19.8. The van der Waals surface area contributed by atoms with Crippen LogP contribution in [0.2, 0.25) is 0 Å². The third kappa shape index (κ3) is 5.40. The van der Waals surface area contributed by atoms with Crippen molar-refractivity contribution >= 4 is 23.9 Å². The summed E-state index contributed by atoms with van der Waals surface area (Å²) in [5.41, 5.74) is 0.240. The molecule has 140 valence electrons. The second-order valence-electron chi connectivity index (χ2n) is 5.44. The first-order chi connectivity index (χ1) is 12.9. The summed E-state index contributed by atoms with van der Waals surface area (Å²) in [5.74, 6) is -6.83. The van der Waals surface area contributed by atoms with Crippen LogP contribution in [0.4, 0.5) is 0 Å². The highest BCUT2D eigenvalue weighted by molar-refractivity contribution is 5.93. The van der Waals surface area contributed by atoms with E-state index in [4.69, 9.17) is 9.47 Å². The normalized spacial score (nSPS) is 12.4. The van der Waals surface area contributed by atoms with Gasteiger partial charge in [0.05, 0.1) is 11.1 Å². The molecule has 0 aliphatic rings. The summed E-state index contributed by atoms with van der Waals surface area (Å²) < 4.78 is 9.74. The minimum atomic E-state index is -2.03. The Kier molecular flexibility index (Phi) is 6.65. The zero-order valence-electron chi connectivity index (χ0n) is 14.0. The van der Waals surface area contributed by atoms with Crippen molar-refractivity contribution in [1.29, 1.82) is 0 Å². The first kappa shape index (κ1) is 19.6. The van der Waals surface area contributed by atoms with Crippen LogP contribution in [-0.2, 0) is 19.1 Å². The number of carboxylic acid groups (broad SMARTS) is 2. The maximum absolute atomic E-state index is 12.1. The van der Waals surface area contributed by atoms with Gasteiger partial charge >= 0.3 is 23.9 Å². The number of hydrogen-bond donors (Lipinski definition) is 2. The fourth-order valence-corrected chi connectivity index (χ4v) is 2.17. The van der Waals surface area contributed by atoms with Crippen LogP contribution in [0.3, 0.4) is 0 Å². The number of ether oxygens (including phenoxy) is 2. The Morgan fingerprint density at radius 1 is 0.741 bits per heavy atom. The molecule has 0 bridgehead atoms. The molecule has 2 N–H and O–H groups in total. The Morgan fingerprint density at radius 3 is 1.67 bits per heavy atom. The molecule has 0 fully saturated rings. The van der Waals surface area contributed by atoms with Gasteiger partial charge in [-0.15, -0.1) is 0 Å². The van der Waals surface area contributed by atoms with Gasteiger partial charge in [0.15, 0.2) is 0 Å². The molecule has 0 aromatic heterocycles. The number of carboxylic acids is 2. The first-order valence-electron chi connectivity index (χ1n) is 7.84. The quantitative estimate of drug-likeness (QED) is 0.672. The van der Waals surface area contributed by atoms with Crippen molar-refractivity contribution < 1.29 is 38.9 Å². The Hall–Kier alpha value is -3.68. The average Bonchev–Trinajstić information content (AvgIpc) is 2.67. The predicted octanol–water partition coefficient (Wildman–Crippen LogP) is 1.85. The number of carbonyl (C=O) groups excluding carboxylic acids is 2. The smallest absolute Gasteiger partial charge is 0.346 e. The van der Waals surface area contributed by atoms with E-state index in [2.05, 4.69) is 0 Å². The molecule has 0 heterocycles. The summed E-state index contributed by atoms with van der Waals surface area (Å²) >= 11 is 0. The van der Waals surface area contributed by atoms with Crippen molar-refractivity contribution in [3.63, 3.8) is 0 Å². The van der Waals surface area contributed by atoms with Gasteiger partial charge in [-0.2, -0.15) is 0 Å². The number of benzene rings is 2. The molecule has 2 rings (SSSR count). The van der Waals surface area contributed by atoms with Gasteiger partial charge in [0.25, 0.3) is 0 Å². The molecular weight excluding hydrogens is 356 g/mol. The second-order valence-corrected chi connectivity index (χ2v) is 5.44. The maximum Gasteiger partial charge on any atom is 0.346 e. The molecule has 8 heteroatoms. The zero-order valence-corrected chi connectivity index (χ0v) is 14.0. The summed E-state index contributed by atoms with van der Waals surface area (Å²) in [7, 11) is 0.